The average molecular weight is 349 g/mol. The zero-order chi connectivity index (χ0) is 17.3. The molecule has 1 aliphatic rings. The number of thiazole rings is 1. The number of carbonyl (C=O) groups excluding carboxylic acids is 1. The molecule has 3 rings (SSSR count). The van der Waals surface area contributed by atoms with Crippen molar-refractivity contribution in [3.05, 3.63) is 33.1 Å². The molecule has 1 aliphatic heterocycles. The number of carboxylic acid groups (broad SMARTS) is 1. The van der Waals surface area contributed by atoms with Gasteiger partial charge in [0.15, 0.2) is 5.69 Å². The van der Waals surface area contributed by atoms with Crippen molar-refractivity contribution < 1.29 is 19.2 Å². The Morgan fingerprint density at radius 2 is 2.25 bits per heavy atom. The first-order valence-corrected chi connectivity index (χ1v) is 8.75. The van der Waals surface area contributed by atoms with Crippen molar-refractivity contribution in [3.63, 3.8) is 0 Å². The molecule has 7 nitrogen and oxygen atoms in total. The van der Waals surface area contributed by atoms with Crippen LogP contribution in [0.25, 0.3) is 0 Å². The van der Waals surface area contributed by atoms with Crippen LogP contribution in [-0.4, -0.2) is 38.6 Å². The number of likely N-dealkylation sites (tertiary alicyclic amines) is 1. The Hall–Kier alpha value is -2.22. The van der Waals surface area contributed by atoms with E-state index in [1.54, 1.807) is 0 Å². The molecule has 1 amide bonds. The molecule has 0 radical (unpaired) electrons. The monoisotopic (exact) mass is 349 g/mol. The van der Waals surface area contributed by atoms with Crippen molar-refractivity contribution in [2.75, 3.05) is 6.54 Å². The molecule has 1 N–H and O–H groups in total. The van der Waals surface area contributed by atoms with Gasteiger partial charge in [0.25, 0.3) is 0 Å². The van der Waals surface area contributed by atoms with Crippen LogP contribution in [0.4, 0.5) is 0 Å². The molecule has 0 aliphatic carbocycles. The van der Waals surface area contributed by atoms with Crippen LogP contribution in [0.5, 0.6) is 0 Å². The molecule has 8 heteroatoms. The number of nitrogens with zero attached hydrogens (tertiary/aromatic N) is 3. The smallest absolute Gasteiger partial charge is 0.355 e. The molecule has 2 aromatic rings. The summed E-state index contributed by atoms with van der Waals surface area (Å²) >= 11 is 1.31. The maximum absolute atomic E-state index is 12.6. The molecule has 2 aromatic heterocycles. The van der Waals surface area contributed by atoms with Crippen LogP contribution >= 0.6 is 11.3 Å². The van der Waals surface area contributed by atoms with E-state index < -0.39 is 5.97 Å². The molecular weight excluding hydrogens is 330 g/mol. The van der Waals surface area contributed by atoms with E-state index in [1.165, 1.54) is 16.7 Å². The highest BCUT2D eigenvalue weighted by molar-refractivity contribution is 7.09. The highest BCUT2D eigenvalue weighted by Crippen LogP contribution is 2.34. The summed E-state index contributed by atoms with van der Waals surface area (Å²) in [7, 11) is 0. The first-order chi connectivity index (χ1) is 11.5. The van der Waals surface area contributed by atoms with E-state index >= 15 is 0 Å². The predicted octanol–water partition coefficient (Wildman–Crippen LogP) is 2.74. The zero-order valence-electron chi connectivity index (χ0n) is 13.6. The third-order valence-electron chi connectivity index (χ3n) is 4.37. The quantitative estimate of drug-likeness (QED) is 0.891. The molecule has 0 saturated carbocycles. The van der Waals surface area contributed by atoms with Crippen LogP contribution in [-0.2, 0) is 11.2 Å². The van der Waals surface area contributed by atoms with E-state index in [0.717, 1.165) is 29.9 Å². The van der Waals surface area contributed by atoms with Crippen molar-refractivity contribution in [3.8, 4) is 0 Å². The van der Waals surface area contributed by atoms with Gasteiger partial charge >= 0.3 is 5.97 Å². The number of aryl methyl sites for hydroxylation is 2. The van der Waals surface area contributed by atoms with Gasteiger partial charge in [-0.2, -0.15) is 0 Å². The first kappa shape index (κ1) is 16.6. The van der Waals surface area contributed by atoms with Gasteiger partial charge in [0, 0.05) is 23.9 Å². The van der Waals surface area contributed by atoms with E-state index in [1.807, 2.05) is 18.7 Å². The van der Waals surface area contributed by atoms with E-state index in [0.29, 0.717) is 24.4 Å². The molecule has 128 valence electrons. The van der Waals surface area contributed by atoms with Gasteiger partial charge in [0.2, 0.25) is 5.91 Å². The minimum absolute atomic E-state index is 0.0463. The van der Waals surface area contributed by atoms with Crippen LogP contribution in [0.15, 0.2) is 9.90 Å². The molecule has 24 heavy (non-hydrogen) atoms. The van der Waals surface area contributed by atoms with Gasteiger partial charge in [0.05, 0.1) is 11.7 Å². The summed E-state index contributed by atoms with van der Waals surface area (Å²) < 4.78 is 5.13. The fraction of sp³-hybridized carbons (Fsp3) is 0.500. The van der Waals surface area contributed by atoms with Gasteiger partial charge in [-0.15, -0.1) is 11.3 Å². The standard InChI is InChI=1S/C16H19N3O4S/c1-9-11(10(2)23-18-9)5-6-14(20)19-7-3-4-13(19)15-17-12(8-24-15)16(21)22/h8,13H,3-7H2,1-2H3,(H,21,22)/t13-/m1/s1. The minimum atomic E-state index is -1.04. The van der Waals surface area contributed by atoms with Crippen molar-refractivity contribution in [1.29, 1.82) is 0 Å². The van der Waals surface area contributed by atoms with Crippen LogP contribution in [0.2, 0.25) is 0 Å². The van der Waals surface area contributed by atoms with E-state index in [9.17, 15) is 9.59 Å². The molecule has 0 spiro atoms. The molecule has 1 atom stereocenters. The molecule has 0 aromatic carbocycles. The van der Waals surface area contributed by atoms with Gasteiger partial charge in [-0.25, -0.2) is 9.78 Å². The van der Waals surface area contributed by atoms with Crippen LogP contribution in [0.1, 0.15) is 57.8 Å². The summed E-state index contributed by atoms with van der Waals surface area (Å²) in [6.45, 7) is 4.41. The zero-order valence-corrected chi connectivity index (χ0v) is 14.4. The van der Waals surface area contributed by atoms with Gasteiger partial charge in [-0.05, 0) is 33.1 Å². The lowest BCUT2D eigenvalue weighted by Crippen LogP contribution is -2.30. The summed E-state index contributed by atoms with van der Waals surface area (Å²) in [5.74, 6) is -0.222. The number of rotatable bonds is 5. The second kappa shape index (κ2) is 6.72. The third-order valence-corrected chi connectivity index (χ3v) is 5.32. The summed E-state index contributed by atoms with van der Waals surface area (Å²) in [6, 6.07) is -0.111. The Labute approximate surface area is 143 Å². The number of carboxylic acids is 1. The fourth-order valence-electron chi connectivity index (χ4n) is 3.10. The molecule has 3 heterocycles. The lowest BCUT2D eigenvalue weighted by Gasteiger charge is -2.23. The third kappa shape index (κ3) is 3.19. The second-order valence-corrected chi connectivity index (χ2v) is 6.81. The van der Waals surface area contributed by atoms with Gasteiger partial charge in [-0.3, -0.25) is 4.79 Å². The number of hydrogen-bond acceptors (Lipinski definition) is 6. The van der Waals surface area contributed by atoms with E-state index in [2.05, 4.69) is 10.1 Å². The molecular formula is C16H19N3O4S. The topological polar surface area (TPSA) is 96.5 Å². The maximum atomic E-state index is 12.6. The van der Waals surface area contributed by atoms with Crippen molar-refractivity contribution in [1.82, 2.24) is 15.0 Å². The van der Waals surface area contributed by atoms with Crippen LogP contribution in [0.3, 0.4) is 0 Å². The van der Waals surface area contributed by atoms with Gasteiger partial charge in [-0.1, -0.05) is 5.16 Å². The van der Waals surface area contributed by atoms with Gasteiger partial charge in [0.1, 0.15) is 10.8 Å². The molecule has 0 unspecified atom stereocenters. The lowest BCUT2D eigenvalue weighted by atomic mass is 10.1. The predicted molar refractivity (Wildman–Crippen MR) is 87.1 cm³/mol. The Kier molecular flexibility index (Phi) is 4.66. The SMILES string of the molecule is Cc1noc(C)c1CCC(=O)N1CCC[C@@H]1c1nc(C(=O)O)cs1. The summed E-state index contributed by atoms with van der Waals surface area (Å²) in [6.07, 6.45) is 2.71. The largest absolute Gasteiger partial charge is 0.476 e. The average Bonchev–Trinajstić information content (AvgIpc) is 3.25. The fourth-order valence-corrected chi connectivity index (χ4v) is 4.03. The number of aromatic nitrogens is 2. The first-order valence-electron chi connectivity index (χ1n) is 7.87. The summed E-state index contributed by atoms with van der Waals surface area (Å²) in [5, 5.41) is 15.2. The van der Waals surface area contributed by atoms with Crippen molar-refractivity contribution >= 4 is 23.2 Å². The Morgan fingerprint density at radius 3 is 2.88 bits per heavy atom. The second-order valence-electron chi connectivity index (χ2n) is 5.92. The number of hydrogen-bond donors (Lipinski definition) is 1. The Bertz CT molecular complexity index is 748. The number of carbonyl (C=O) groups is 2. The lowest BCUT2D eigenvalue weighted by molar-refractivity contribution is -0.132. The van der Waals surface area contributed by atoms with E-state index in [4.69, 9.17) is 9.63 Å². The van der Waals surface area contributed by atoms with Gasteiger partial charge < -0.3 is 14.5 Å². The molecule has 1 fully saturated rings. The van der Waals surface area contributed by atoms with Crippen LogP contribution in [0, 0.1) is 13.8 Å². The molecule has 0 bridgehead atoms. The summed E-state index contributed by atoms with van der Waals surface area (Å²) in [5.41, 5.74) is 1.86. The molecule has 1 saturated heterocycles. The highest BCUT2D eigenvalue weighted by Gasteiger charge is 2.32. The number of amides is 1. The normalized spacial score (nSPS) is 17.4. The van der Waals surface area contributed by atoms with E-state index in [-0.39, 0.29) is 17.6 Å². The number of aromatic carboxylic acids is 1. The maximum Gasteiger partial charge on any atom is 0.355 e. The Morgan fingerprint density at radius 1 is 1.46 bits per heavy atom. The Balaban J connectivity index is 1.68. The minimum Gasteiger partial charge on any atom is -0.476 e. The summed E-state index contributed by atoms with van der Waals surface area (Å²) in [4.78, 5) is 29.6. The van der Waals surface area contributed by atoms with Crippen molar-refractivity contribution in [2.24, 2.45) is 0 Å². The van der Waals surface area contributed by atoms with Crippen LogP contribution < -0.4 is 0 Å². The van der Waals surface area contributed by atoms with Crippen molar-refractivity contribution in [2.45, 2.75) is 45.6 Å². The highest BCUT2D eigenvalue weighted by atomic mass is 32.1.